The molecule has 0 aliphatic heterocycles. The minimum Gasteiger partial charge on any atom is -0.389 e. The third-order valence-corrected chi connectivity index (χ3v) is 1.14. The van der Waals surface area contributed by atoms with Gasteiger partial charge in [-0.1, -0.05) is 6.58 Å². The van der Waals surface area contributed by atoms with Gasteiger partial charge in [-0.2, -0.15) is 5.26 Å². The van der Waals surface area contributed by atoms with E-state index in [1.165, 1.54) is 0 Å². The van der Waals surface area contributed by atoms with Crippen LogP contribution in [0.3, 0.4) is 0 Å². The molecule has 0 saturated heterocycles. The van der Waals surface area contributed by atoms with Crippen molar-refractivity contribution >= 4 is 23.7 Å². The molecule has 0 aromatic carbocycles. The van der Waals surface area contributed by atoms with Gasteiger partial charge in [-0.3, -0.25) is 4.79 Å². The summed E-state index contributed by atoms with van der Waals surface area (Å²) in [6.07, 6.45) is 0.884. The highest BCUT2D eigenvalue weighted by atomic mass is 32.2. The van der Waals surface area contributed by atoms with Crippen LogP contribution in [0.2, 0.25) is 0 Å². The fraction of sp³-hybridized carbons (Fsp3) is 0.167. The molecule has 11 heavy (non-hydrogen) atoms. The number of ether oxygens (including phenoxy) is 1. The lowest BCUT2D eigenvalue weighted by Crippen LogP contribution is -2.11. The highest BCUT2D eigenvalue weighted by Gasteiger charge is 2.05. The highest BCUT2D eigenvalue weighted by Crippen LogP contribution is 1.96. The maximum atomic E-state index is 10.5. The minimum atomic E-state index is -0.798. The molecule has 0 rings (SSSR count). The first-order chi connectivity index (χ1) is 5.20. The van der Waals surface area contributed by atoms with Crippen molar-refractivity contribution in [1.82, 2.24) is 0 Å². The van der Waals surface area contributed by atoms with Gasteiger partial charge in [0, 0.05) is 6.08 Å². The second-order valence-electron chi connectivity index (χ2n) is 1.38. The van der Waals surface area contributed by atoms with Crippen LogP contribution in [0.5, 0.6) is 0 Å². The van der Waals surface area contributed by atoms with Crippen LogP contribution in [-0.4, -0.2) is 17.7 Å². The van der Waals surface area contributed by atoms with Gasteiger partial charge < -0.3 is 4.74 Å². The molecule has 0 aromatic heterocycles. The number of carbonyl (C=O) groups is 2. The topological polar surface area (TPSA) is 67.2 Å². The quantitative estimate of drug-likeness (QED) is 0.267. The van der Waals surface area contributed by atoms with Gasteiger partial charge in [0.05, 0.1) is 0 Å². The predicted octanol–water partition coefficient (Wildman–Crippen LogP) is 0.456. The van der Waals surface area contributed by atoms with Crippen molar-refractivity contribution in [1.29, 1.82) is 5.26 Å². The molecule has 0 saturated carbocycles. The summed E-state index contributed by atoms with van der Waals surface area (Å²) in [5.74, 6) is -1.68. The first kappa shape index (κ1) is 9.72. The van der Waals surface area contributed by atoms with Crippen molar-refractivity contribution < 1.29 is 14.3 Å². The number of thioether (sulfide) groups is 1. The smallest absolute Gasteiger partial charge is 0.337 e. The van der Waals surface area contributed by atoms with E-state index in [4.69, 9.17) is 5.26 Å². The van der Waals surface area contributed by atoms with Gasteiger partial charge in [-0.15, -0.1) is 0 Å². The van der Waals surface area contributed by atoms with Gasteiger partial charge in [0.1, 0.15) is 11.2 Å². The fourth-order valence-electron chi connectivity index (χ4n) is 0.275. The van der Waals surface area contributed by atoms with Gasteiger partial charge in [0.15, 0.2) is 0 Å². The SMILES string of the molecule is C=CC(=O)OC(=O)CSC#N. The van der Waals surface area contributed by atoms with E-state index in [0.29, 0.717) is 11.8 Å². The van der Waals surface area contributed by atoms with Gasteiger partial charge in [-0.25, -0.2) is 4.79 Å². The monoisotopic (exact) mass is 171 g/mol. The molecule has 0 bridgehead atoms. The Labute approximate surface area is 67.8 Å². The van der Waals surface area contributed by atoms with E-state index in [1.807, 2.05) is 0 Å². The molecule has 0 amide bonds. The number of thiocyanates is 1. The molecule has 0 radical (unpaired) electrons. The molecule has 0 atom stereocenters. The minimum absolute atomic E-state index is 0.143. The highest BCUT2D eigenvalue weighted by molar-refractivity contribution is 8.04. The molecule has 58 valence electrons. The molecule has 0 fully saturated rings. The molecular formula is C6H5NO3S. The average Bonchev–Trinajstić information content (AvgIpc) is 2.00. The number of rotatable bonds is 3. The first-order valence-corrected chi connectivity index (χ1v) is 3.57. The summed E-state index contributed by atoms with van der Waals surface area (Å²) in [6, 6.07) is 0. The third kappa shape index (κ3) is 5.18. The van der Waals surface area contributed by atoms with E-state index < -0.39 is 11.9 Å². The molecule has 4 nitrogen and oxygen atoms in total. The standard InChI is InChI=1S/C6H5NO3S/c1-2-5(8)10-6(9)3-11-4-7/h2H,1,3H2. The van der Waals surface area contributed by atoms with Crippen molar-refractivity contribution in [2.45, 2.75) is 0 Å². The maximum absolute atomic E-state index is 10.5. The summed E-state index contributed by atoms with van der Waals surface area (Å²) in [7, 11) is 0. The van der Waals surface area contributed by atoms with E-state index >= 15 is 0 Å². The largest absolute Gasteiger partial charge is 0.389 e. The zero-order valence-electron chi connectivity index (χ0n) is 5.57. The van der Waals surface area contributed by atoms with Crippen LogP contribution in [0.4, 0.5) is 0 Å². The Balaban J connectivity index is 3.62. The molecule has 0 unspecified atom stereocenters. The van der Waals surface area contributed by atoms with Crippen LogP contribution >= 0.6 is 11.8 Å². The summed E-state index contributed by atoms with van der Waals surface area (Å²) >= 11 is 0.713. The van der Waals surface area contributed by atoms with Crippen molar-refractivity contribution in [3.63, 3.8) is 0 Å². The number of nitrogens with zero attached hydrogens (tertiary/aromatic N) is 1. The van der Waals surface area contributed by atoms with Gasteiger partial charge in [0.25, 0.3) is 0 Å². The molecule has 0 spiro atoms. The zero-order valence-corrected chi connectivity index (χ0v) is 6.39. The summed E-state index contributed by atoms with van der Waals surface area (Å²) in [6.45, 7) is 3.10. The van der Waals surface area contributed by atoms with Crippen LogP contribution in [0.15, 0.2) is 12.7 Å². The molecule has 0 aromatic rings. The lowest BCUT2D eigenvalue weighted by Gasteiger charge is -1.94. The predicted molar refractivity (Wildman–Crippen MR) is 39.4 cm³/mol. The Bertz CT molecular complexity index is 218. The van der Waals surface area contributed by atoms with E-state index in [9.17, 15) is 9.59 Å². The van der Waals surface area contributed by atoms with Crippen molar-refractivity contribution in [3.05, 3.63) is 12.7 Å². The van der Waals surface area contributed by atoms with Crippen molar-refractivity contribution in [3.8, 4) is 5.40 Å². The Kier molecular flexibility index (Phi) is 4.86. The molecule has 0 aliphatic rings. The summed E-state index contributed by atoms with van der Waals surface area (Å²) in [4.78, 5) is 20.8. The summed E-state index contributed by atoms with van der Waals surface area (Å²) in [5.41, 5.74) is 0. The average molecular weight is 171 g/mol. The van der Waals surface area contributed by atoms with E-state index in [2.05, 4.69) is 11.3 Å². The van der Waals surface area contributed by atoms with Crippen molar-refractivity contribution in [2.75, 3.05) is 5.75 Å². The summed E-state index contributed by atoms with van der Waals surface area (Å²) in [5, 5.41) is 9.68. The van der Waals surface area contributed by atoms with Crippen LogP contribution in [0.25, 0.3) is 0 Å². The molecule has 0 N–H and O–H groups in total. The van der Waals surface area contributed by atoms with Crippen molar-refractivity contribution in [2.24, 2.45) is 0 Å². The third-order valence-electron chi connectivity index (χ3n) is 0.636. The number of hydrogen-bond acceptors (Lipinski definition) is 5. The molecule has 0 aliphatic carbocycles. The molecular weight excluding hydrogens is 166 g/mol. The van der Waals surface area contributed by atoms with E-state index in [0.717, 1.165) is 6.08 Å². The van der Waals surface area contributed by atoms with Gasteiger partial charge in [-0.05, 0) is 11.8 Å². The number of nitriles is 1. The van der Waals surface area contributed by atoms with Crippen LogP contribution in [0, 0.1) is 10.7 Å². The number of esters is 2. The number of carbonyl (C=O) groups excluding carboxylic acids is 2. The van der Waals surface area contributed by atoms with Gasteiger partial charge >= 0.3 is 11.9 Å². The van der Waals surface area contributed by atoms with Crippen LogP contribution in [-0.2, 0) is 14.3 Å². The lowest BCUT2D eigenvalue weighted by molar-refractivity contribution is -0.154. The summed E-state index contributed by atoms with van der Waals surface area (Å²) < 4.78 is 4.13. The molecule has 0 heterocycles. The Hall–Kier alpha value is -1.28. The van der Waals surface area contributed by atoms with Gasteiger partial charge in [0.2, 0.25) is 0 Å². The Morgan fingerprint density at radius 1 is 1.73 bits per heavy atom. The second kappa shape index (κ2) is 5.50. The Morgan fingerprint density at radius 3 is 2.82 bits per heavy atom. The zero-order chi connectivity index (χ0) is 8.69. The van der Waals surface area contributed by atoms with Crippen LogP contribution in [0.1, 0.15) is 0 Å². The van der Waals surface area contributed by atoms with E-state index in [1.54, 1.807) is 5.40 Å². The maximum Gasteiger partial charge on any atom is 0.337 e. The second-order valence-corrected chi connectivity index (χ2v) is 2.14. The van der Waals surface area contributed by atoms with Crippen LogP contribution < -0.4 is 0 Å². The Morgan fingerprint density at radius 2 is 2.36 bits per heavy atom. The number of hydrogen-bond donors (Lipinski definition) is 0. The molecule has 5 heteroatoms. The lowest BCUT2D eigenvalue weighted by atomic mass is 10.6. The first-order valence-electron chi connectivity index (χ1n) is 2.58. The fourth-order valence-corrected chi connectivity index (χ4v) is 0.516. The van der Waals surface area contributed by atoms with E-state index in [-0.39, 0.29) is 5.75 Å². The normalized spacial score (nSPS) is 7.91.